The van der Waals surface area contributed by atoms with Gasteiger partial charge >= 0.3 is 0 Å². The molecule has 0 radical (unpaired) electrons. The van der Waals surface area contributed by atoms with Gasteiger partial charge in [-0.25, -0.2) is 0 Å². The molecule has 0 spiro atoms. The standard InChI is InChI=1S/C13H20N2O3/c1-9(14-7-8-16)13(18)11-3-5-12(6-4-11)15-10(2)17/h3-6,9,13-14,16,18H,7-8H2,1-2H3,(H,15,17). The monoisotopic (exact) mass is 252 g/mol. The third-order valence-corrected chi connectivity index (χ3v) is 2.62. The number of rotatable bonds is 6. The van der Waals surface area contributed by atoms with Crippen LogP contribution in [0.4, 0.5) is 5.69 Å². The fourth-order valence-electron chi connectivity index (χ4n) is 1.66. The van der Waals surface area contributed by atoms with E-state index in [9.17, 15) is 9.90 Å². The van der Waals surface area contributed by atoms with Crippen LogP contribution in [0.5, 0.6) is 0 Å². The molecule has 18 heavy (non-hydrogen) atoms. The fourth-order valence-corrected chi connectivity index (χ4v) is 1.66. The van der Waals surface area contributed by atoms with Crippen LogP contribution in [0.1, 0.15) is 25.5 Å². The van der Waals surface area contributed by atoms with Gasteiger partial charge in [0.2, 0.25) is 5.91 Å². The second-order valence-corrected chi connectivity index (χ2v) is 4.21. The average Bonchev–Trinajstić information content (AvgIpc) is 2.35. The lowest BCUT2D eigenvalue weighted by molar-refractivity contribution is -0.114. The van der Waals surface area contributed by atoms with Crippen LogP contribution in [-0.2, 0) is 4.79 Å². The lowest BCUT2D eigenvalue weighted by Crippen LogP contribution is -2.34. The molecule has 2 atom stereocenters. The smallest absolute Gasteiger partial charge is 0.221 e. The van der Waals surface area contributed by atoms with Gasteiger partial charge in [0.25, 0.3) is 0 Å². The summed E-state index contributed by atoms with van der Waals surface area (Å²) in [6, 6.07) is 6.89. The zero-order valence-corrected chi connectivity index (χ0v) is 10.7. The number of anilines is 1. The Morgan fingerprint density at radius 3 is 2.44 bits per heavy atom. The normalized spacial score (nSPS) is 14.0. The summed E-state index contributed by atoms with van der Waals surface area (Å²) in [6.07, 6.45) is -0.650. The van der Waals surface area contributed by atoms with Crippen molar-refractivity contribution < 1.29 is 15.0 Å². The van der Waals surface area contributed by atoms with Crippen LogP contribution in [0.25, 0.3) is 0 Å². The van der Waals surface area contributed by atoms with Crippen LogP contribution >= 0.6 is 0 Å². The van der Waals surface area contributed by atoms with Crippen molar-refractivity contribution in [1.29, 1.82) is 0 Å². The summed E-state index contributed by atoms with van der Waals surface area (Å²) < 4.78 is 0. The molecule has 5 heteroatoms. The molecule has 0 saturated carbocycles. The van der Waals surface area contributed by atoms with E-state index in [1.54, 1.807) is 24.3 Å². The van der Waals surface area contributed by atoms with Gasteiger partial charge in [0.1, 0.15) is 0 Å². The SMILES string of the molecule is CC(=O)Nc1ccc(C(O)C(C)NCCO)cc1. The molecule has 0 bridgehead atoms. The highest BCUT2D eigenvalue weighted by atomic mass is 16.3. The van der Waals surface area contributed by atoms with Gasteiger partial charge in [0.05, 0.1) is 12.7 Å². The molecule has 0 heterocycles. The Balaban J connectivity index is 2.63. The van der Waals surface area contributed by atoms with Gasteiger partial charge in [-0.2, -0.15) is 0 Å². The van der Waals surface area contributed by atoms with Crippen molar-refractivity contribution in [3.05, 3.63) is 29.8 Å². The predicted molar refractivity (Wildman–Crippen MR) is 70.3 cm³/mol. The van der Waals surface area contributed by atoms with E-state index in [1.807, 2.05) is 6.92 Å². The van der Waals surface area contributed by atoms with Crippen molar-refractivity contribution >= 4 is 11.6 Å². The molecular formula is C13H20N2O3. The van der Waals surface area contributed by atoms with Crippen LogP contribution in [0.15, 0.2) is 24.3 Å². The first-order valence-corrected chi connectivity index (χ1v) is 5.94. The summed E-state index contributed by atoms with van der Waals surface area (Å²) in [5.41, 5.74) is 1.47. The second kappa shape index (κ2) is 7.10. The Hall–Kier alpha value is -1.43. The highest BCUT2D eigenvalue weighted by Gasteiger charge is 2.15. The number of aliphatic hydroxyl groups is 2. The van der Waals surface area contributed by atoms with Crippen molar-refractivity contribution in [2.75, 3.05) is 18.5 Å². The van der Waals surface area contributed by atoms with E-state index in [2.05, 4.69) is 10.6 Å². The number of hydrogen-bond acceptors (Lipinski definition) is 4. The van der Waals surface area contributed by atoms with Crippen molar-refractivity contribution in [2.24, 2.45) is 0 Å². The highest BCUT2D eigenvalue weighted by molar-refractivity contribution is 5.88. The Morgan fingerprint density at radius 2 is 1.94 bits per heavy atom. The van der Waals surface area contributed by atoms with Gasteiger partial charge in [0.15, 0.2) is 0 Å². The largest absolute Gasteiger partial charge is 0.395 e. The molecule has 1 aromatic carbocycles. The van der Waals surface area contributed by atoms with Gasteiger partial charge in [-0.1, -0.05) is 12.1 Å². The maximum Gasteiger partial charge on any atom is 0.221 e. The minimum Gasteiger partial charge on any atom is -0.395 e. The van der Waals surface area contributed by atoms with Gasteiger partial charge < -0.3 is 20.8 Å². The molecule has 1 rings (SSSR count). The maximum atomic E-state index is 10.9. The lowest BCUT2D eigenvalue weighted by Gasteiger charge is -2.20. The average molecular weight is 252 g/mol. The van der Waals surface area contributed by atoms with E-state index >= 15 is 0 Å². The minimum atomic E-state index is -0.650. The van der Waals surface area contributed by atoms with E-state index in [4.69, 9.17) is 5.11 Å². The topological polar surface area (TPSA) is 81.6 Å². The Labute approximate surface area is 107 Å². The zero-order chi connectivity index (χ0) is 13.5. The Kier molecular flexibility index (Phi) is 5.77. The molecule has 1 amide bonds. The van der Waals surface area contributed by atoms with Crippen LogP contribution in [-0.4, -0.2) is 35.3 Å². The number of aliphatic hydroxyl groups excluding tert-OH is 2. The molecule has 2 unspecified atom stereocenters. The first-order valence-electron chi connectivity index (χ1n) is 5.94. The van der Waals surface area contributed by atoms with Crippen molar-refractivity contribution in [2.45, 2.75) is 26.0 Å². The van der Waals surface area contributed by atoms with Crippen molar-refractivity contribution in [3.63, 3.8) is 0 Å². The number of benzene rings is 1. The number of nitrogens with one attached hydrogen (secondary N) is 2. The third kappa shape index (κ3) is 4.44. The van der Waals surface area contributed by atoms with Crippen LogP contribution < -0.4 is 10.6 Å². The molecule has 1 aromatic rings. The second-order valence-electron chi connectivity index (χ2n) is 4.21. The summed E-state index contributed by atoms with van der Waals surface area (Å²) in [5, 5.41) is 24.4. The third-order valence-electron chi connectivity index (χ3n) is 2.62. The maximum absolute atomic E-state index is 10.9. The Bertz CT molecular complexity index is 378. The summed E-state index contributed by atoms with van der Waals surface area (Å²) in [5.74, 6) is -0.124. The summed E-state index contributed by atoms with van der Waals surface area (Å²) in [6.45, 7) is 3.78. The van der Waals surface area contributed by atoms with E-state index in [0.29, 0.717) is 12.2 Å². The van der Waals surface area contributed by atoms with Gasteiger partial charge in [0, 0.05) is 25.2 Å². The number of amides is 1. The lowest BCUT2D eigenvalue weighted by atomic mass is 10.0. The number of carbonyl (C=O) groups is 1. The first kappa shape index (κ1) is 14.6. The van der Waals surface area contributed by atoms with E-state index in [-0.39, 0.29) is 18.6 Å². The quantitative estimate of drug-likeness (QED) is 0.599. The molecule has 5 nitrogen and oxygen atoms in total. The van der Waals surface area contributed by atoms with Gasteiger partial charge in [-0.3, -0.25) is 4.79 Å². The fraction of sp³-hybridized carbons (Fsp3) is 0.462. The highest BCUT2D eigenvalue weighted by Crippen LogP contribution is 2.19. The van der Waals surface area contributed by atoms with E-state index < -0.39 is 6.10 Å². The zero-order valence-electron chi connectivity index (χ0n) is 10.7. The predicted octanol–water partition coefficient (Wildman–Crippen LogP) is 0.649. The van der Waals surface area contributed by atoms with Gasteiger partial charge in [-0.15, -0.1) is 0 Å². The molecule has 4 N–H and O–H groups in total. The molecule has 0 aliphatic carbocycles. The first-order chi connectivity index (χ1) is 8.54. The van der Waals surface area contributed by atoms with E-state index in [1.165, 1.54) is 6.92 Å². The molecule has 0 fully saturated rings. The van der Waals surface area contributed by atoms with Crippen LogP contribution in [0, 0.1) is 0 Å². The van der Waals surface area contributed by atoms with E-state index in [0.717, 1.165) is 5.56 Å². The summed E-state index contributed by atoms with van der Waals surface area (Å²) in [7, 11) is 0. The summed E-state index contributed by atoms with van der Waals surface area (Å²) >= 11 is 0. The molecule has 0 aliphatic rings. The van der Waals surface area contributed by atoms with Crippen LogP contribution in [0.3, 0.4) is 0 Å². The molecule has 0 aromatic heterocycles. The van der Waals surface area contributed by atoms with Gasteiger partial charge in [-0.05, 0) is 24.6 Å². The molecular weight excluding hydrogens is 232 g/mol. The molecule has 100 valence electrons. The number of hydrogen-bond donors (Lipinski definition) is 4. The molecule has 0 saturated heterocycles. The van der Waals surface area contributed by atoms with Crippen molar-refractivity contribution in [1.82, 2.24) is 5.32 Å². The van der Waals surface area contributed by atoms with Crippen LogP contribution in [0.2, 0.25) is 0 Å². The molecule has 0 aliphatic heterocycles. The summed E-state index contributed by atoms with van der Waals surface area (Å²) in [4.78, 5) is 10.9. The number of carbonyl (C=O) groups excluding carboxylic acids is 1. The van der Waals surface area contributed by atoms with Crippen molar-refractivity contribution in [3.8, 4) is 0 Å². The minimum absolute atomic E-state index is 0.0402. The Morgan fingerprint density at radius 1 is 1.33 bits per heavy atom.